The van der Waals surface area contributed by atoms with Crippen LogP contribution in [0.2, 0.25) is 10.0 Å². The number of nitrogens with one attached hydrogen (secondary N) is 2. The fourth-order valence-electron chi connectivity index (χ4n) is 2.61. The third-order valence-corrected chi connectivity index (χ3v) is 5.75. The summed E-state index contributed by atoms with van der Waals surface area (Å²) in [6.07, 6.45) is 0.793. The van der Waals surface area contributed by atoms with Crippen LogP contribution in [0.15, 0.2) is 71.2 Å². The third-order valence-electron chi connectivity index (χ3n) is 4.11. The molecule has 0 saturated carbocycles. The van der Waals surface area contributed by atoms with Crippen LogP contribution in [0, 0.1) is 0 Å². The summed E-state index contributed by atoms with van der Waals surface area (Å²) < 4.78 is 6.50. The van der Waals surface area contributed by atoms with E-state index in [1.807, 2.05) is 18.2 Å². The van der Waals surface area contributed by atoms with Crippen LogP contribution < -0.4 is 15.4 Å². The van der Waals surface area contributed by atoms with Gasteiger partial charge in [0, 0.05) is 12.0 Å². The number of carbonyl (C=O) groups excluding carboxylic acids is 1. The van der Waals surface area contributed by atoms with Gasteiger partial charge in [0.05, 0.1) is 26.8 Å². The van der Waals surface area contributed by atoms with Crippen molar-refractivity contribution in [2.75, 3.05) is 11.9 Å². The van der Waals surface area contributed by atoms with Gasteiger partial charge in [0.25, 0.3) is 5.91 Å². The van der Waals surface area contributed by atoms with Crippen molar-refractivity contribution in [1.29, 1.82) is 0 Å². The van der Waals surface area contributed by atoms with E-state index in [9.17, 15) is 4.79 Å². The molecule has 30 heavy (non-hydrogen) atoms. The minimum atomic E-state index is -0.359. The van der Waals surface area contributed by atoms with Crippen molar-refractivity contribution in [3.8, 4) is 5.75 Å². The molecule has 0 aliphatic rings. The van der Waals surface area contributed by atoms with Crippen LogP contribution in [-0.2, 0) is 6.42 Å². The van der Waals surface area contributed by atoms with Crippen molar-refractivity contribution in [1.82, 2.24) is 5.32 Å². The topological polar surface area (TPSA) is 50.4 Å². The average Bonchev–Trinajstić information content (AvgIpc) is 2.73. The number of halogens is 3. The van der Waals surface area contributed by atoms with Gasteiger partial charge in [-0.15, -0.1) is 0 Å². The van der Waals surface area contributed by atoms with Crippen LogP contribution in [-0.4, -0.2) is 17.6 Å². The van der Waals surface area contributed by atoms with Crippen LogP contribution in [0.1, 0.15) is 15.9 Å². The first-order chi connectivity index (χ1) is 14.4. The monoisotopic (exact) mass is 522 g/mol. The highest BCUT2D eigenvalue weighted by atomic mass is 79.9. The van der Waals surface area contributed by atoms with E-state index in [4.69, 9.17) is 40.2 Å². The zero-order valence-corrected chi connectivity index (χ0v) is 19.5. The van der Waals surface area contributed by atoms with Gasteiger partial charge in [0.2, 0.25) is 0 Å². The Kier molecular flexibility index (Phi) is 8.10. The Morgan fingerprint density at radius 3 is 2.53 bits per heavy atom. The Labute approximate surface area is 198 Å². The Bertz CT molecular complexity index is 1060. The molecule has 0 radical (unpaired) electrons. The Morgan fingerprint density at radius 2 is 1.80 bits per heavy atom. The van der Waals surface area contributed by atoms with E-state index in [1.165, 1.54) is 5.56 Å². The maximum Gasteiger partial charge on any atom is 0.257 e. The van der Waals surface area contributed by atoms with Crippen molar-refractivity contribution in [3.05, 3.63) is 92.4 Å². The molecule has 0 aromatic heterocycles. The van der Waals surface area contributed by atoms with E-state index in [2.05, 4.69) is 38.7 Å². The summed E-state index contributed by atoms with van der Waals surface area (Å²) in [5.74, 6) is 0.302. The van der Waals surface area contributed by atoms with E-state index in [1.54, 1.807) is 36.4 Å². The second kappa shape index (κ2) is 10.8. The molecule has 0 heterocycles. The smallest absolute Gasteiger partial charge is 0.257 e. The lowest BCUT2D eigenvalue weighted by Gasteiger charge is -2.13. The van der Waals surface area contributed by atoms with Gasteiger partial charge in [-0.25, -0.2) is 0 Å². The molecule has 0 atom stereocenters. The van der Waals surface area contributed by atoms with Crippen molar-refractivity contribution >= 4 is 68.1 Å². The highest BCUT2D eigenvalue weighted by molar-refractivity contribution is 9.10. The molecular formula is C22H17BrCl2N2O2S. The largest absolute Gasteiger partial charge is 0.492 e. The lowest BCUT2D eigenvalue weighted by atomic mass is 10.2. The first-order valence-electron chi connectivity index (χ1n) is 8.96. The highest BCUT2D eigenvalue weighted by Gasteiger charge is 2.12. The summed E-state index contributed by atoms with van der Waals surface area (Å²) in [6, 6.07) is 20.3. The molecule has 0 aliphatic heterocycles. The number of ether oxygens (including phenoxy) is 1. The van der Waals surface area contributed by atoms with Crippen molar-refractivity contribution in [3.63, 3.8) is 0 Å². The summed E-state index contributed by atoms with van der Waals surface area (Å²) in [5.41, 5.74) is 2.14. The van der Waals surface area contributed by atoms with Crippen LogP contribution >= 0.6 is 51.3 Å². The van der Waals surface area contributed by atoms with Crippen LogP contribution in [0.3, 0.4) is 0 Å². The Balaban J connectivity index is 1.56. The van der Waals surface area contributed by atoms with E-state index in [0.29, 0.717) is 38.1 Å². The highest BCUT2D eigenvalue weighted by Crippen LogP contribution is 2.29. The second-order valence-corrected chi connectivity index (χ2v) is 8.29. The molecular weight excluding hydrogens is 507 g/mol. The Hall–Kier alpha value is -2.12. The summed E-state index contributed by atoms with van der Waals surface area (Å²) in [6.45, 7) is 0.530. The molecule has 154 valence electrons. The molecule has 0 saturated heterocycles. The molecule has 1 amide bonds. The normalized spacial score (nSPS) is 10.4. The molecule has 3 rings (SSSR count). The fourth-order valence-corrected chi connectivity index (χ4v) is 3.66. The maximum absolute atomic E-state index is 12.5. The number of hydrogen-bond donors (Lipinski definition) is 2. The van der Waals surface area contributed by atoms with Gasteiger partial charge in [0.1, 0.15) is 5.75 Å². The minimum absolute atomic E-state index is 0.114. The molecule has 3 aromatic carbocycles. The SMILES string of the molecule is O=C(NC(=S)Nc1cccc(Cl)c1Cl)c1ccc(OCCc2ccccc2)c(Br)c1. The third kappa shape index (κ3) is 6.19. The lowest BCUT2D eigenvalue weighted by molar-refractivity contribution is 0.0977. The van der Waals surface area contributed by atoms with Gasteiger partial charge in [-0.2, -0.15) is 0 Å². The number of anilines is 1. The molecule has 3 aromatic rings. The standard InChI is InChI=1S/C22H17BrCl2N2O2S/c23-16-13-15(9-10-19(16)29-12-11-14-5-2-1-3-6-14)21(28)27-22(30)26-18-8-4-7-17(24)20(18)25/h1-10,13H,11-12H2,(H2,26,27,28,30). The van der Waals surface area contributed by atoms with Crippen molar-refractivity contribution in [2.45, 2.75) is 6.42 Å². The lowest BCUT2D eigenvalue weighted by Crippen LogP contribution is -2.34. The molecule has 4 nitrogen and oxygen atoms in total. The number of amides is 1. The first kappa shape index (κ1) is 22.6. The zero-order valence-electron chi connectivity index (χ0n) is 15.6. The number of hydrogen-bond acceptors (Lipinski definition) is 3. The fraction of sp³-hybridized carbons (Fsp3) is 0.0909. The van der Waals surface area contributed by atoms with E-state index in [-0.39, 0.29) is 11.0 Å². The van der Waals surface area contributed by atoms with Crippen molar-refractivity contribution < 1.29 is 9.53 Å². The number of benzene rings is 3. The molecule has 8 heteroatoms. The van der Waals surface area contributed by atoms with Crippen molar-refractivity contribution in [2.24, 2.45) is 0 Å². The minimum Gasteiger partial charge on any atom is -0.492 e. The van der Waals surface area contributed by atoms with Crippen LogP contribution in [0.5, 0.6) is 5.75 Å². The molecule has 0 bridgehead atoms. The number of thiocarbonyl (C=S) groups is 1. The molecule has 0 unspecified atom stereocenters. The maximum atomic E-state index is 12.5. The van der Waals surface area contributed by atoms with Gasteiger partial charge >= 0.3 is 0 Å². The van der Waals surface area contributed by atoms with E-state index >= 15 is 0 Å². The summed E-state index contributed by atoms with van der Waals surface area (Å²) >= 11 is 20.8. The van der Waals surface area contributed by atoms with Gasteiger partial charge < -0.3 is 10.1 Å². The zero-order chi connectivity index (χ0) is 21.5. The van der Waals surface area contributed by atoms with E-state index < -0.39 is 0 Å². The van der Waals surface area contributed by atoms with Gasteiger partial charge in [-0.05, 0) is 64.0 Å². The van der Waals surface area contributed by atoms with Gasteiger partial charge in [-0.1, -0.05) is 59.6 Å². The quantitative estimate of drug-likeness (QED) is 0.362. The molecule has 0 fully saturated rings. The van der Waals surface area contributed by atoms with Gasteiger partial charge in [0.15, 0.2) is 5.11 Å². The summed E-state index contributed by atoms with van der Waals surface area (Å²) in [5, 5.41) is 6.32. The second-order valence-electron chi connectivity index (χ2n) is 6.24. The summed E-state index contributed by atoms with van der Waals surface area (Å²) in [4.78, 5) is 12.5. The molecule has 0 aliphatic carbocycles. The predicted molar refractivity (Wildman–Crippen MR) is 130 cm³/mol. The average molecular weight is 524 g/mol. The Morgan fingerprint density at radius 1 is 1.03 bits per heavy atom. The van der Waals surface area contributed by atoms with Crippen LogP contribution in [0.25, 0.3) is 0 Å². The first-order valence-corrected chi connectivity index (χ1v) is 10.9. The summed E-state index contributed by atoms with van der Waals surface area (Å²) in [7, 11) is 0. The number of carbonyl (C=O) groups is 1. The van der Waals surface area contributed by atoms with Gasteiger partial charge in [-0.3, -0.25) is 10.1 Å². The predicted octanol–water partition coefficient (Wildman–Crippen LogP) is 6.50. The number of rotatable bonds is 6. The van der Waals surface area contributed by atoms with Crippen LogP contribution in [0.4, 0.5) is 5.69 Å². The molecule has 0 spiro atoms. The molecule has 2 N–H and O–H groups in total. The van der Waals surface area contributed by atoms with E-state index in [0.717, 1.165) is 6.42 Å².